The third-order valence-corrected chi connectivity index (χ3v) is 3.11. The van der Waals surface area contributed by atoms with Crippen LogP contribution in [0.4, 0.5) is 13.2 Å². The highest BCUT2D eigenvalue weighted by Gasteiger charge is 2.29. The lowest BCUT2D eigenvalue weighted by atomic mass is 10.0. The van der Waals surface area contributed by atoms with E-state index in [4.69, 9.17) is 0 Å². The summed E-state index contributed by atoms with van der Waals surface area (Å²) in [6.07, 6.45) is -2.48. The minimum Gasteiger partial charge on any atom is -0.361 e. The molecule has 0 aliphatic heterocycles. The number of aromatic nitrogens is 1. The highest BCUT2D eigenvalue weighted by atomic mass is 19.4. The van der Waals surface area contributed by atoms with Gasteiger partial charge >= 0.3 is 6.18 Å². The summed E-state index contributed by atoms with van der Waals surface area (Å²) in [6.45, 7) is 0. The molecule has 96 valence electrons. The molecule has 1 N–H and O–H groups in total. The standard InChI is InChI=1S/C15H10F3N/c16-15(17,18)12-6-4-10(5-7-12)13-3-1-2-11-8-9-19-14(11)13/h1-9,19H. The van der Waals surface area contributed by atoms with Crippen molar-refractivity contribution in [3.63, 3.8) is 0 Å². The Morgan fingerprint density at radius 2 is 1.58 bits per heavy atom. The summed E-state index contributed by atoms with van der Waals surface area (Å²) in [4.78, 5) is 3.11. The van der Waals surface area contributed by atoms with Crippen molar-refractivity contribution in [2.24, 2.45) is 0 Å². The van der Waals surface area contributed by atoms with E-state index in [2.05, 4.69) is 4.98 Å². The van der Waals surface area contributed by atoms with Gasteiger partial charge in [-0.1, -0.05) is 30.3 Å². The number of aromatic amines is 1. The van der Waals surface area contributed by atoms with E-state index in [0.29, 0.717) is 0 Å². The molecule has 2 aromatic carbocycles. The van der Waals surface area contributed by atoms with Gasteiger partial charge in [0, 0.05) is 11.8 Å². The molecule has 1 aromatic heterocycles. The van der Waals surface area contributed by atoms with Gasteiger partial charge in [0.15, 0.2) is 0 Å². The third kappa shape index (κ3) is 2.10. The van der Waals surface area contributed by atoms with E-state index >= 15 is 0 Å². The van der Waals surface area contributed by atoms with Gasteiger partial charge in [-0.3, -0.25) is 0 Å². The number of benzene rings is 2. The van der Waals surface area contributed by atoms with E-state index in [-0.39, 0.29) is 0 Å². The molecule has 3 rings (SSSR count). The van der Waals surface area contributed by atoms with Crippen LogP contribution in [-0.4, -0.2) is 4.98 Å². The van der Waals surface area contributed by atoms with Crippen LogP contribution < -0.4 is 0 Å². The van der Waals surface area contributed by atoms with Gasteiger partial charge in [-0.05, 0) is 29.1 Å². The normalized spacial score (nSPS) is 11.9. The fourth-order valence-electron chi connectivity index (χ4n) is 2.16. The summed E-state index contributed by atoms with van der Waals surface area (Å²) in [5.74, 6) is 0. The quantitative estimate of drug-likeness (QED) is 0.644. The number of H-pyrrole nitrogens is 1. The van der Waals surface area contributed by atoms with Gasteiger partial charge in [-0.15, -0.1) is 0 Å². The number of halogens is 3. The summed E-state index contributed by atoms with van der Waals surface area (Å²) < 4.78 is 37.6. The molecule has 0 saturated heterocycles. The van der Waals surface area contributed by atoms with Crippen LogP contribution in [0.15, 0.2) is 54.7 Å². The van der Waals surface area contributed by atoms with Crippen LogP contribution in [0.25, 0.3) is 22.0 Å². The van der Waals surface area contributed by atoms with Crippen LogP contribution in [0.5, 0.6) is 0 Å². The van der Waals surface area contributed by atoms with E-state index in [9.17, 15) is 13.2 Å². The molecule has 0 aliphatic rings. The second-order valence-electron chi connectivity index (χ2n) is 4.32. The average Bonchev–Trinajstić information content (AvgIpc) is 2.86. The fraction of sp³-hybridized carbons (Fsp3) is 0.0667. The minimum atomic E-state index is -4.29. The Kier molecular flexibility index (Phi) is 2.59. The van der Waals surface area contributed by atoms with Crippen LogP contribution in [0, 0.1) is 0 Å². The first-order valence-electron chi connectivity index (χ1n) is 5.79. The van der Waals surface area contributed by atoms with Crippen LogP contribution in [-0.2, 0) is 6.18 Å². The molecule has 3 aromatic rings. The smallest absolute Gasteiger partial charge is 0.361 e. The molecule has 19 heavy (non-hydrogen) atoms. The predicted molar refractivity (Wildman–Crippen MR) is 68.7 cm³/mol. The molecule has 0 aliphatic carbocycles. The molecular weight excluding hydrogens is 251 g/mol. The summed E-state index contributed by atoms with van der Waals surface area (Å²) in [5.41, 5.74) is 1.97. The van der Waals surface area contributed by atoms with E-state index in [1.54, 1.807) is 0 Å². The summed E-state index contributed by atoms with van der Waals surface area (Å²) >= 11 is 0. The molecule has 0 spiro atoms. The molecule has 0 radical (unpaired) electrons. The number of nitrogens with one attached hydrogen (secondary N) is 1. The van der Waals surface area contributed by atoms with Crippen molar-refractivity contribution in [2.45, 2.75) is 6.18 Å². The molecule has 0 bridgehead atoms. The zero-order chi connectivity index (χ0) is 13.5. The van der Waals surface area contributed by atoms with Gasteiger partial charge in [0.2, 0.25) is 0 Å². The van der Waals surface area contributed by atoms with Crippen molar-refractivity contribution in [3.05, 3.63) is 60.3 Å². The maximum absolute atomic E-state index is 12.5. The van der Waals surface area contributed by atoms with Crippen molar-refractivity contribution in [2.75, 3.05) is 0 Å². The van der Waals surface area contributed by atoms with Crippen LogP contribution in [0.1, 0.15) is 5.56 Å². The molecule has 0 atom stereocenters. The van der Waals surface area contributed by atoms with Crippen molar-refractivity contribution < 1.29 is 13.2 Å². The van der Waals surface area contributed by atoms with E-state index in [0.717, 1.165) is 34.2 Å². The number of fused-ring (bicyclic) bond motifs is 1. The fourth-order valence-corrected chi connectivity index (χ4v) is 2.16. The van der Waals surface area contributed by atoms with Crippen molar-refractivity contribution in [1.82, 2.24) is 4.98 Å². The molecule has 0 amide bonds. The molecule has 4 heteroatoms. The van der Waals surface area contributed by atoms with E-state index < -0.39 is 11.7 Å². The second kappa shape index (κ2) is 4.16. The maximum atomic E-state index is 12.5. The van der Waals surface area contributed by atoms with Gasteiger partial charge in [0.25, 0.3) is 0 Å². The van der Waals surface area contributed by atoms with Gasteiger partial charge in [0.1, 0.15) is 0 Å². The Hall–Kier alpha value is -2.23. The van der Waals surface area contributed by atoms with Crippen LogP contribution in [0.3, 0.4) is 0 Å². The molecular formula is C15H10F3N. The van der Waals surface area contributed by atoms with Gasteiger partial charge in [0.05, 0.1) is 11.1 Å². The summed E-state index contributed by atoms with van der Waals surface area (Å²) in [6, 6.07) is 12.9. The Balaban J connectivity index is 2.10. The van der Waals surface area contributed by atoms with Crippen LogP contribution in [0.2, 0.25) is 0 Å². The number of alkyl halides is 3. The third-order valence-electron chi connectivity index (χ3n) is 3.11. The van der Waals surface area contributed by atoms with E-state index in [1.165, 1.54) is 12.1 Å². The molecule has 1 heterocycles. The van der Waals surface area contributed by atoms with Gasteiger partial charge < -0.3 is 4.98 Å². The van der Waals surface area contributed by atoms with E-state index in [1.807, 2.05) is 30.5 Å². The van der Waals surface area contributed by atoms with Crippen molar-refractivity contribution in [3.8, 4) is 11.1 Å². The first-order valence-corrected chi connectivity index (χ1v) is 5.79. The van der Waals surface area contributed by atoms with Crippen LogP contribution >= 0.6 is 0 Å². The average molecular weight is 261 g/mol. The zero-order valence-electron chi connectivity index (χ0n) is 9.83. The Morgan fingerprint density at radius 3 is 2.26 bits per heavy atom. The minimum absolute atomic E-state index is 0.630. The molecule has 0 saturated carbocycles. The molecule has 0 unspecified atom stereocenters. The Labute approximate surface area is 107 Å². The van der Waals surface area contributed by atoms with Gasteiger partial charge in [-0.2, -0.15) is 13.2 Å². The second-order valence-corrected chi connectivity index (χ2v) is 4.32. The number of hydrogen-bond acceptors (Lipinski definition) is 0. The Bertz CT molecular complexity index is 708. The summed E-state index contributed by atoms with van der Waals surface area (Å²) in [7, 11) is 0. The van der Waals surface area contributed by atoms with Crippen molar-refractivity contribution in [1.29, 1.82) is 0 Å². The summed E-state index contributed by atoms with van der Waals surface area (Å²) in [5, 5.41) is 1.04. The predicted octanol–water partition coefficient (Wildman–Crippen LogP) is 4.85. The Morgan fingerprint density at radius 1 is 0.842 bits per heavy atom. The first kappa shape index (κ1) is 11.8. The lowest BCUT2D eigenvalue weighted by Gasteiger charge is -2.08. The highest BCUT2D eigenvalue weighted by Crippen LogP contribution is 2.32. The molecule has 1 nitrogen and oxygen atoms in total. The van der Waals surface area contributed by atoms with Crippen molar-refractivity contribution >= 4 is 10.9 Å². The maximum Gasteiger partial charge on any atom is 0.416 e. The van der Waals surface area contributed by atoms with Gasteiger partial charge in [-0.25, -0.2) is 0 Å². The SMILES string of the molecule is FC(F)(F)c1ccc(-c2cccc3cc[nH]c23)cc1. The molecule has 0 fully saturated rings. The lowest BCUT2D eigenvalue weighted by molar-refractivity contribution is -0.137. The largest absolute Gasteiger partial charge is 0.416 e. The zero-order valence-corrected chi connectivity index (χ0v) is 9.83. The first-order chi connectivity index (χ1) is 9.05. The lowest BCUT2D eigenvalue weighted by Crippen LogP contribution is -2.03. The number of hydrogen-bond donors (Lipinski definition) is 1. The number of rotatable bonds is 1. The number of para-hydroxylation sites is 1. The monoisotopic (exact) mass is 261 g/mol. The topological polar surface area (TPSA) is 15.8 Å². The highest BCUT2D eigenvalue weighted by molar-refractivity contribution is 5.94.